The highest BCUT2D eigenvalue weighted by molar-refractivity contribution is 6.10. The molecule has 0 aromatic carbocycles. The van der Waals surface area contributed by atoms with E-state index in [9.17, 15) is 39.3 Å². The van der Waals surface area contributed by atoms with E-state index in [1.54, 1.807) is 26.8 Å². The first kappa shape index (κ1) is 31.4. The van der Waals surface area contributed by atoms with E-state index in [4.69, 9.17) is 18.9 Å². The molecule has 5 saturated carbocycles. The monoisotopic (exact) mass is 676 g/mol. The molecule has 260 valence electrons. The van der Waals surface area contributed by atoms with Gasteiger partial charge in [-0.05, 0) is 93.6 Å². The van der Waals surface area contributed by atoms with Crippen molar-refractivity contribution in [3.63, 3.8) is 0 Å². The van der Waals surface area contributed by atoms with Gasteiger partial charge in [0.1, 0.15) is 18.8 Å². The van der Waals surface area contributed by atoms with Crippen LogP contribution in [0.4, 0.5) is 0 Å². The Morgan fingerprint density at radius 3 is 2.29 bits per heavy atom. The molecule has 9 rings (SSSR count). The van der Waals surface area contributed by atoms with Crippen LogP contribution >= 0.6 is 0 Å². The lowest BCUT2D eigenvalue weighted by molar-refractivity contribution is -0.202. The van der Waals surface area contributed by atoms with Crippen LogP contribution in [0, 0.1) is 46.3 Å². The van der Waals surface area contributed by atoms with E-state index in [1.807, 2.05) is 6.92 Å². The first-order valence-corrected chi connectivity index (χ1v) is 17.2. The molecule has 0 radical (unpaired) electrons. The number of carbonyl (C=O) groups excluding carboxylic acids is 5. The van der Waals surface area contributed by atoms with Gasteiger partial charge >= 0.3 is 23.9 Å². The average molecular weight is 677 g/mol. The Kier molecular flexibility index (Phi) is 5.64. The normalized spacial score (nSPS) is 49.3. The van der Waals surface area contributed by atoms with E-state index < -0.39 is 81.5 Å². The van der Waals surface area contributed by atoms with Crippen LogP contribution in [0.3, 0.4) is 0 Å². The van der Waals surface area contributed by atoms with Crippen molar-refractivity contribution < 1.29 is 58.2 Å². The first-order valence-electron chi connectivity index (χ1n) is 17.2. The molecule has 7 aliphatic carbocycles. The van der Waals surface area contributed by atoms with Crippen LogP contribution in [-0.4, -0.2) is 80.8 Å². The molecule has 12 nitrogen and oxygen atoms in total. The van der Waals surface area contributed by atoms with Gasteiger partial charge in [0.2, 0.25) is 5.78 Å². The maximum absolute atomic E-state index is 14.4. The average Bonchev–Trinajstić information content (AvgIpc) is 3.95. The molecule has 2 aliphatic heterocycles. The number of aliphatic hydroxyl groups is 3. The number of fused-ring (bicyclic) bond motifs is 9. The zero-order chi connectivity index (χ0) is 35.2. The molecule has 0 aromatic rings. The molecule has 1 spiro atoms. The van der Waals surface area contributed by atoms with Crippen LogP contribution in [-0.2, 0) is 42.9 Å². The summed E-state index contributed by atoms with van der Waals surface area (Å²) in [5.41, 5.74) is -5.58. The molecule has 49 heavy (non-hydrogen) atoms. The van der Waals surface area contributed by atoms with Gasteiger partial charge in [0.25, 0.3) is 5.79 Å². The van der Waals surface area contributed by atoms with Crippen molar-refractivity contribution in [1.82, 2.24) is 0 Å². The van der Waals surface area contributed by atoms with E-state index in [-0.39, 0.29) is 65.4 Å². The maximum atomic E-state index is 14.4. The van der Waals surface area contributed by atoms with Gasteiger partial charge in [0.05, 0.1) is 16.6 Å². The summed E-state index contributed by atoms with van der Waals surface area (Å²) in [4.78, 5) is 66.7. The maximum Gasteiger partial charge on any atom is 0.338 e. The second-order valence-electron chi connectivity index (χ2n) is 16.4. The third-order valence-corrected chi connectivity index (χ3v) is 14.7. The van der Waals surface area contributed by atoms with Crippen molar-refractivity contribution in [1.29, 1.82) is 0 Å². The fourth-order valence-corrected chi connectivity index (χ4v) is 12.4. The fraction of sp³-hybridized carbons (Fsp3) is 0.649. The summed E-state index contributed by atoms with van der Waals surface area (Å²) in [6.45, 7) is 9.04. The Hall–Kier alpha value is -3.61. The third kappa shape index (κ3) is 3.18. The van der Waals surface area contributed by atoms with Gasteiger partial charge in [-0.25, -0.2) is 14.4 Å². The minimum Gasteiger partial charge on any atom is -0.461 e. The number of hydrogen-bond acceptors (Lipinski definition) is 12. The predicted molar refractivity (Wildman–Crippen MR) is 164 cm³/mol. The number of rotatable bonds is 5. The number of Topliss-reactive ketones (excluding diaryl/α,β-unsaturated/α-hetero) is 1. The molecule has 0 bridgehead atoms. The van der Waals surface area contributed by atoms with Crippen molar-refractivity contribution >= 4 is 29.7 Å². The Morgan fingerprint density at radius 1 is 0.918 bits per heavy atom. The number of esters is 4. The molecule has 0 amide bonds. The van der Waals surface area contributed by atoms with Crippen molar-refractivity contribution in [3.05, 3.63) is 45.1 Å². The summed E-state index contributed by atoms with van der Waals surface area (Å²) in [5, 5.41) is 37.7. The topological polar surface area (TPSA) is 183 Å². The summed E-state index contributed by atoms with van der Waals surface area (Å²) >= 11 is 0. The quantitative estimate of drug-likeness (QED) is 0.219. The highest BCUT2D eigenvalue weighted by atomic mass is 16.7. The lowest BCUT2D eigenvalue weighted by Crippen LogP contribution is -2.68. The minimum absolute atomic E-state index is 0.0204. The lowest BCUT2D eigenvalue weighted by Gasteiger charge is -2.63. The Bertz CT molecular complexity index is 1900. The summed E-state index contributed by atoms with van der Waals surface area (Å²) in [6.07, 6.45) is 2.94. The van der Waals surface area contributed by atoms with Gasteiger partial charge in [0.15, 0.2) is 5.60 Å². The molecule has 12 heteroatoms. The predicted octanol–water partition coefficient (Wildman–Crippen LogP) is 1.91. The van der Waals surface area contributed by atoms with Gasteiger partial charge < -0.3 is 34.3 Å². The summed E-state index contributed by atoms with van der Waals surface area (Å²) in [5.74, 6) is -8.49. The van der Waals surface area contributed by atoms with E-state index in [1.165, 1.54) is 13.8 Å². The van der Waals surface area contributed by atoms with Crippen LogP contribution in [0.2, 0.25) is 0 Å². The zero-order valence-corrected chi connectivity index (χ0v) is 28.3. The fourth-order valence-electron chi connectivity index (χ4n) is 12.4. The van der Waals surface area contributed by atoms with Crippen molar-refractivity contribution in [2.24, 2.45) is 46.3 Å². The Morgan fingerprint density at radius 2 is 1.61 bits per heavy atom. The SMILES string of the molecule is C/C=C(\C)C(=O)OC[C@@]1(O)C2CC3=C(COC(C)=O)C(=O)O[C@@]34C3=C5[C@@](C)(C(=O)[C@@]6(O)OC(=O)C(C)=C36)[C@@H]3C[C@@H]3[C@@]5(O)C[C@H]4[C@@]2(C)[C@@H]2C[C@@H]21. The molecular formula is C37H40O12. The molecule has 3 N–H and O–H groups in total. The first-order chi connectivity index (χ1) is 22.9. The Labute approximate surface area is 282 Å². The van der Waals surface area contributed by atoms with Crippen LogP contribution < -0.4 is 0 Å². The standard InChI is InChI=1S/C37H40O12/c1-7-14(2)28(39)47-13-35(44)22-8-19(22)32(5)23(35)10-18-17(12-46-16(4)38)30(41)48-36(18)24(32)11-34(43)21-9-20(21)33(6)27(34)26(36)25-15(3)29(40)49-37(25,45)31(33)42/h7,19-24,43-45H,8-13H2,1-6H3/b14-7+/t19-,20-,21+,22+,23?,24+,32+,33+,34+,35+,36+,37+/m1/s1. The van der Waals surface area contributed by atoms with Crippen LogP contribution in [0.1, 0.15) is 67.2 Å². The van der Waals surface area contributed by atoms with Crippen LogP contribution in [0.15, 0.2) is 45.1 Å². The van der Waals surface area contributed by atoms with Gasteiger partial charge in [-0.15, -0.1) is 0 Å². The van der Waals surface area contributed by atoms with E-state index in [0.717, 1.165) is 0 Å². The summed E-state index contributed by atoms with van der Waals surface area (Å²) in [6, 6.07) is 0. The molecular weight excluding hydrogens is 636 g/mol. The third-order valence-electron chi connectivity index (χ3n) is 14.7. The molecule has 1 unspecified atom stereocenters. The lowest BCUT2D eigenvalue weighted by atomic mass is 9.42. The number of ketones is 1. The van der Waals surface area contributed by atoms with Crippen LogP contribution in [0.25, 0.3) is 0 Å². The van der Waals surface area contributed by atoms with Gasteiger partial charge in [-0.2, -0.15) is 0 Å². The summed E-state index contributed by atoms with van der Waals surface area (Å²) < 4.78 is 23.2. The molecule has 9 aliphatic rings. The number of hydrogen-bond donors (Lipinski definition) is 3. The van der Waals surface area contributed by atoms with Gasteiger partial charge in [0, 0.05) is 41.1 Å². The van der Waals surface area contributed by atoms with Crippen LogP contribution in [0.5, 0.6) is 0 Å². The number of allylic oxidation sites excluding steroid dienone is 1. The van der Waals surface area contributed by atoms with Crippen molar-refractivity contribution in [2.75, 3.05) is 13.2 Å². The summed E-state index contributed by atoms with van der Waals surface area (Å²) in [7, 11) is 0. The van der Waals surface area contributed by atoms with E-state index in [2.05, 4.69) is 0 Å². The van der Waals surface area contributed by atoms with E-state index >= 15 is 0 Å². The molecule has 0 saturated heterocycles. The largest absolute Gasteiger partial charge is 0.461 e. The second-order valence-corrected chi connectivity index (χ2v) is 16.4. The number of ether oxygens (including phenoxy) is 4. The second kappa shape index (κ2) is 8.81. The molecule has 5 fully saturated rings. The highest BCUT2D eigenvalue weighted by Crippen LogP contribution is 2.84. The van der Waals surface area contributed by atoms with E-state index in [0.29, 0.717) is 29.6 Å². The van der Waals surface area contributed by atoms with Crippen molar-refractivity contribution in [2.45, 2.75) is 89.8 Å². The smallest absolute Gasteiger partial charge is 0.338 e. The Balaban J connectivity index is 1.31. The highest BCUT2D eigenvalue weighted by Gasteiger charge is 2.87. The van der Waals surface area contributed by atoms with Crippen molar-refractivity contribution in [3.8, 4) is 0 Å². The molecule has 0 aromatic heterocycles. The zero-order valence-electron chi connectivity index (χ0n) is 28.3. The molecule has 12 atom stereocenters. The van der Waals surface area contributed by atoms with Gasteiger partial charge in [-0.1, -0.05) is 13.0 Å². The molecule has 2 heterocycles. The van der Waals surface area contributed by atoms with Gasteiger partial charge in [-0.3, -0.25) is 9.59 Å². The minimum atomic E-state index is -2.66. The number of carbonyl (C=O) groups is 5.